The van der Waals surface area contributed by atoms with E-state index < -0.39 is 0 Å². The fraction of sp³-hybridized carbons (Fsp3) is 0.353. The molecule has 4 rings (SSSR count). The van der Waals surface area contributed by atoms with Gasteiger partial charge in [0.25, 0.3) is 0 Å². The van der Waals surface area contributed by atoms with Crippen molar-refractivity contribution in [1.82, 2.24) is 4.98 Å². The predicted molar refractivity (Wildman–Crippen MR) is 79.1 cm³/mol. The van der Waals surface area contributed by atoms with Gasteiger partial charge in [-0.05, 0) is 55.2 Å². The zero-order valence-corrected chi connectivity index (χ0v) is 11.9. The van der Waals surface area contributed by atoms with Crippen LogP contribution in [0, 0.1) is 5.82 Å². The molecule has 2 aliphatic rings. The van der Waals surface area contributed by atoms with Gasteiger partial charge >= 0.3 is 0 Å². The van der Waals surface area contributed by atoms with Gasteiger partial charge in [0.15, 0.2) is 0 Å². The van der Waals surface area contributed by atoms with Crippen molar-refractivity contribution in [3.63, 3.8) is 0 Å². The van der Waals surface area contributed by atoms with Crippen LogP contribution in [0.5, 0.6) is 5.75 Å². The minimum atomic E-state index is -0.231. The number of hydrogen-bond donors (Lipinski definition) is 0. The molecule has 0 saturated carbocycles. The first kappa shape index (κ1) is 12.6. The van der Waals surface area contributed by atoms with Crippen LogP contribution in [0.15, 0.2) is 36.5 Å². The van der Waals surface area contributed by atoms with E-state index in [1.165, 1.54) is 11.9 Å². The molecule has 21 heavy (non-hydrogen) atoms. The molecule has 0 radical (unpaired) electrons. The summed E-state index contributed by atoms with van der Waals surface area (Å²) in [6.07, 6.45) is 4.43. The van der Waals surface area contributed by atoms with Gasteiger partial charge in [-0.2, -0.15) is 0 Å². The van der Waals surface area contributed by atoms with E-state index in [0.29, 0.717) is 6.04 Å². The van der Waals surface area contributed by atoms with Gasteiger partial charge in [0.2, 0.25) is 0 Å². The normalized spacial score (nSPS) is 23.0. The second-order valence-electron chi connectivity index (χ2n) is 5.75. The Balaban J connectivity index is 1.73. The van der Waals surface area contributed by atoms with Crippen LogP contribution in [0.1, 0.15) is 30.1 Å². The SMILES string of the molecule is COc1ccc(N2[C@@H]3CC[C@H]2c2ncc(F)cc2C3)cc1. The molecule has 0 spiro atoms. The molecule has 4 heteroatoms. The molecule has 2 aromatic rings. The van der Waals surface area contributed by atoms with E-state index in [4.69, 9.17) is 4.74 Å². The summed E-state index contributed by atoms with van der Waals surface area (Å²) in [5, 5.41) is 0. The van der Waals surface area contributed by atoms with Crippen LogP contribution in [0.3, 0.4) is 0 Å². The number of nitrogens with zero attached hydrogens (tertiary/aromatic N) is 2. The van der Waals surface area contributed by atoms with Crippen LogP contribution in [-0.4, -0.2) is 18.1 Å². The van der Waals surface area contributed by atoms with Gasteiger partial charge in [0, 0.05) is 11.7 Å². The third kappa shape index (κ3) is 1.97. The lowest BCUT2D eigenvalue weighted by molar-refractivity contribution is 0.414. The first-order valence-electron chi connectivity index (χ1n) is 7.33. The number of halogens is 1. The Bertz CT molecular complexity index is 671. The third-order valence-electron chi connectivity index (χ3n) is 4.61. The van der Waals surface area contributed by atoms with Gasteiger partial charge in [-0.3, -0.25) is 4.98 Å². The molecule has 2 atom stereocenters. The standard InChI is InChI=1S/C17H17FN2O/c1-21-15-5-2-13(3-6-15)20-14-4-7-16(20)17-11(9-14)8-12(18)10-19-17/h2-3,5-6,8,10,14,16H,4,7,9H2,1H3/t14-,16+/m1/s1. The van der Waals surface area contributed by atoms with E-state index in [2.05, 4.69) is 22.0 Å². The lowest BCUT2D eigenvalue weighted by Crippen LogP contribution is -2.38. The maximum Gasteiger partial charge on any atom is 0.141 e. The summed E-state index contributed by atoms with van der Waals surface area (Å²) in [6.45, 7) is 0. The summed E-state index contributed by atoms with van der Waals surface area (Å²) >= 11 is 0. The molecule has 3 heterocycles. The monoisotopic (exact) mass is 284 g/mol. The molecular weight excluding hydrogens is 267 g/mol. The molecule has 1 saturated heterocycles. The van der Waals surface area contributed by atoms with Crippen molar-refractivity contribution in [3.8, 4) is 5.75 Å². The lowest BCUT2D eigenvalue weighted by Gasteiger charge is -2.37. The highest BCUT2D eigenvalue weighted by Gasteiger charge is 2.40. The van der Waals surface area contributed by atoms with Gasteiger partial charge in [-0.1, -0.05) is 0 Å². The number of rotatable bonds is 2. The van der Waals surface area contributed by atoms with Crippen LogP contribution in [-0.2, 0) is 6.42 Å². The first-order chi connectivity index (χ1) is 10.3. The first-order valence-corrected chi connectivity index (χ1v) is 7.33. The zero-order valence-electron chi connectivity index (χ0n) is 11.9. The molecule has 1 fully saturated rings. The van der Waals surface area contributed by atoms with Crippen LogP contribution in [0.4, 0.5) is 10.1 Å². The maximum atomic E-state index is 13.4. The van der Waals surface area contributed by atoms with E-state index in [-0.39, 0.29) is 11.9 Å². The summed E-state index contributed by atoms with van der Waals surface area (Å²) in [4.78, 5) is 6.80. The Labute approximate surface area is 123 Å². The van der Waals surface area contributed by atoms with E-state index in [0.717, 1.165) is 36.3 Å². The van der Waals surface area contributed by atoms with Crippen molar-refractivity contribution in [2.24, 2.45) is 0 Å². The number of anilines is 1. The van der Waals surface area contributed by atoms with Gasteiger partial charge in [0.1, 0.15) is 11.6 Å². The minimum absolute atomic E-state index is 0.231. The summed E-state index contributed by atoms with van der Waals surface area (Å²) in [7, 11) is 1.67. The number of aromatic nitrogens is 1. The smallest absolute Gasteiger partial charge is 0.141 e. The maximum absolute atomic E-state index is 13.4. The molecule has 108 valence electrons. The predicted octanol–water partition coefficient (Wildman–Crippen LogP) is 3.50. The quantitative estimate of drug-likeness (QED) is 0.844. The van der Waals surface area contributed by atoms with Crippen LogP contribution >= 0.6 is 0 Å². The van der Waals surface area contributed by atoms with Gasteiger partial charge in [-0.15, -0.1) is 0 Å². The van der Waals surface area contributed by atoms with E-state index >= 15 is 0 Å². The molecule has 0 unspecified atom stereocenters. The van der Waals surface area contributed by atoms with Crippen LogP contribution < -0.4 is 9.64 Å². The Kier molecular flexibility index (Phi) is 2.84. The second-order valence-corrected chi connectivity index (χ2v) is 5.75. The average molecular weight is 284 g/mol. The van der Waals surface area contributed by atoms with E-state index in [1.807, 2.05) is 12.1 Å². The average Bonchev–Trinajstić information content (AvgIpc) is 2.82. The Hall–Kier alpha value is -2.10. The van der Waals surface area contributed by atoms with Crippen molar-refractivity contribution >= 4 is 5.69 Å². The third-order valence-corrected chi connectivity index (χ3v) is 4.61. The highest BCUT2D eigenvalue weighted by atomic mass is 19.1. The fourth-order valence-electron chi connectivity index (χ4n) is 3.71. The van der Waals surface area contributed by atoms with Gasteiger partial charge in [0.05, 0.1) is 25.0 Å². The summed E-state index contributed by atoms with van der Waals surface area (Å²) < 4.78 is 18.6. The highest BCUT2D eigenvalue weighted by Crippen LogP contribution is 2.45. The molecule has 1 aromatic carbocycles. The Morgan fingerprint density at radius 3 is 2.81 bits per heavy atom. The number of ether oxygens (including phenoxy) is 1. The summed E-state index contributed by atoms with van der Waals surface area (Å²) in [6, 6.07) is 10.5. The van der Waals surface area contributed by atoms with Crippen LogP contribution in [0.2, 0.25) is 0 Å². The Morgan fingerprint density at radius 2 is 2.05 bits per heavy atom. The molecule has 2 aliphatic heterocycles. The molecule has 2 bridgehead atoms. The van der Waals surface area contributed by atoms with Gasteiger partial charge < -0.3 is 9.64 Å². The number of hydrogen-bond acceptors (Lipinski definition) is 3. The van der Waals surface area contributed by atoms with Gasteiger partial charge in [-0.25, -0.2) is 4.39 Å². The minimum Gasteiger partial charge on any atom is -0.497 e. The summed E-state index contributed by atoms with van der Waals surface area (Å²) in [5.74, 6) is 0.634. The molecule has 0 aliphatic carbocycles. The molecular formula is C17H17FN2O. The molecule has 3 nitrogen and oxygen atoms in total. The number of benzene rings is 1. The van der Waals surface area contributed by atoms with Crippen molar-refractivity contribution in [3.05, 3.63) is 53.6 Å². The Morgan fingerprint density at radius 1 is 1.24 bits per heavy atom. The lowest BCUT2D eigenvalue weighted by atomic mass is 9.97. The number of fused-ring (bicyclic) bond motifs is 4. The van der Waals surface area contributed by atoms with Crippen molar-refractivity contribution < 1.29 is 9.13 Å². The largest absolute Gasteiger partial charge is 0.497 e. The molecule has 0 N–H and O–H groups in total. The van der Waals surface area contributed by atoms with Crippen molar-refractivity contribution in [2.75, 3.05) is 12.0 Å². The van der Waals surface area contributed by atoms with E-state index in [1.54, 1.807) is 13.2 Å². The highest BCUT2D eigenvalue weighted by molar-refractivity contribution is 5.55. The fourth-order valence-corrected chi connectivity index (χ4v) is 3.71. The summed E-state index contributed by atoms with van der Waals surface area (Å²) in [5.41, 5.74) is 3.31. The van der Waals surface area contributed by atoms with Crippen molar-refractivity contribution in [2.45, 2.75) is 31.3 Å². The second kappa shape index (κ2) is 4.72. The number of pyridine rings is 1. The van der Waals surface area contributed by atoms with Crippen LogP contribution in [0.25, 0.3) is 0 Å². The number of methoxy groups -OCH3 is 1. The topological polar surface area (TPSA) is 25.4 Å². The van der Waals surface area contributed by atoms with Crippen molar-refractivity contribution in [1.29, 1.82) is 0 Å². The zero-order chi connectivity index (χ0) is 14.4. The molecule has 1 aromatic heterocycles. The van der Waals surface area contributed by atoms with E-state index in [9.17, 15) is 4.39 Å². The molecule has 0 amide bonds.